The van der Waals surface area contributed by atoms with Gasteiger partial charge in [-0.25, -0.2) is 9.98 Å². The molecule has 3 aliphatic rings. The highest BCUT2D eigenvalue weighted by atomic mass is 32.1. The number of benzene rings is 2. The van der Waals surface area contributed by atoms with Gasteiger partial charge in [0.1, 0.15) is 16.0 Å². The molecule has 3 aliphatic carbocycles. The van der Waals surface area contributed by atoms with E-state index in [1.807, 2.05) is 0 Å². The molecule has 3 aromatic heterocycles. The Bertz CT molecular complexity index is 1910. The molecule has 0 radical (unpaired) electrons. The number of aliphatic imine (C=N–C) groups is 1. The Balaban J connectivity index is 1.15. The number of hydrogen-bond donors (Lipinski definition) is 0. The van der Waals surface area contributed by atoms with Gasteiger partial charge in [-0.3, -0.25) is 9.59 Å². The lowest BCUT2D eigenvalue weighted by Gasteiger charge is -2.40. The summed E-state index contributed by atoms with van der Waals surface area (Å²) in [5.74, 6) is 0.489. The summed E-state index contributed by atoms with van der Waals surface area (Å²) in [5, 5.41) is 1.07. The molecule has 2 aromatic carbocycles. The zero-order valence-corrected chi connectivity index (χ0v) is 26.9. The van der Waals surface area contributed by atoms with Crippen LogP contribution in [-0.4, -0.2) is 31.0 Å². The van der Waals surface area contributed by atoms with Crippen LogP contribution in [0.25, 0.3) is 21.5 Å². The van der Waals surface area contributed by atoms with Crippen LogP contribution >= 0.6 is 23.1 Å². The molecule has 4 unspecified atom stereocenters. The number of Topliss-reactive ketones (excluding diaryl/α,β-unsaturated/α-hetero) is 2. The molecule has 7 nitrogen and oxygen atoms in total. The number of thiophene rings is 1. The minimum Gasteiger partial charge on any atom is -0.302 e. The van der Waals surface area contributed by atoms with Crippen LogP contribution in [0.2, 0.25) is 0 Å². The fourth-order valence-electron chi connectivity index (χ4n) is 7.59. The van der Waals surface area contributed by atoms with Crippen LogP contribution in [0, 0.1) is 37.5 Å². The number of carbonyl (C=O) groups excluding carboxylic acids is 2. The van der Waals surface area contributed by atoms with Crippen LogP contribution in [0.15, 0.2) is 71.9 Å². The van der Waals surface area contributed by atoms with Gasteiger partial charge in [0, 0.05) is 39.8 Å². The number of pyridine rings is 1. The highest BCUT2D eigenvalue weighted by Gasteiger charge is 2.52. The van der Waals surface area contributed by atoms with Crippen LogP contribution < -0.4 is 4.90 Å². The fraction of sp³-hybridized carbons (Fsp3) is 0.333. The van der Waals surface area contributed by atoms with E-state index < -0.39 is 5.78 Å². The highest BCUT2D eigenvalue weighted by molar-refractivity contribution is 7.19. The van der Waals surface area contributed by atoms with E-state index in [0.717, 1.165) is 51.4 Å². The Morgan fingerprint density at radius 3 is 2.07 bits per heavy atom. The predicted molar refractivity (Wildman–Crippen MR) is 181 cm³/mol. The Hall–Kier alpha value is -4.08. The van der Waals surface area contributed by atoms with Crippen molar-refractivity contribution in [1.29, 1.82) is 0 Å². The molecule has 226 valence electrons. The molecule has 0 N–H and O–H groups in total. The maximum absolute atomic E-state index is 13.2. The standard InChI is InChI=1S/C36H33N5O2S2/c1-20-7-11-24(12-8-20)41(25-13-9-21(2)10-14-25)30-16-15-29(44-30)28-19-37-36(33-31(28)39-45-40-33)38-32-26-17-22-5-3-4-6-23(22)18-27(26)34(42)35(32)43/h7-16,19,22-23,26-27H,3-6,17-18H2,1-2H3. The summed E-state index contributed by atoms with van der Waals surface area (Å²) < 4.78 is 9.23. The SMILES string of the molecule is Cc1ccc(N(c2ccc(C)cc2)c2ccc(-c3cnc(N=C4C(=O)C(=O)C5CC6CCCCC6CC45)c4nsnc34)s2)cc1. The van der Waals surface area contributed by atoms with Crippen molar-refractivity contribution >= 4 is 73.6 Å². The van der Waals surface area contributed by atoms with Gasteiger partial charge in [0.2, 0.25) is 11.6 Å². The van der Waals surface area contributed by atoms with E-state index in [-0.39, 0.29) is 17.6 Å². The summed E-state index contributed by atoms with van der Waals surface area (Å²) in [7, 11) is 0. The zero-order valence-electron chi connectivity index (χ0n) is 25.3. The van der Waals surface area contributed by atoms with Crippen molar-refractivity contribution in [2.45, 2.75) is 52.4 Å². The molecule has 0 aliphatic heterocycles. The maximum atomic E-state index is 13.2. The Morgan fingerprint density at radius 1 is 0.778 bits per heavy atom. The summed E-state index contributed by atoms with van der Waals surface area (Å²) >= 11 is 2.78. The lowest BCUT2D eigenvalue weighted by Crippen LogP contribution is -2.35. The van der Waals surface area contributed by atoms with Crippen molar-refractivity contribution in [3.05, 3.63) is 78.0 Å². The lowest BCUT2D eigenvalue weighted by molar-refractivity contribution is -0.135. The van der Waals surface area contributed by atoms with Crippen LogP contribution in [0.5, 0.6) is 0 Å². The normalized spacial score (nSPS) is 23.8. The molecule has 0 spiro atoms. The molecule has 9 heteroatoms. The zero-order chi connectivity index (χ0) is 30.7. The Morgan fingerprint density at radius 2 is 1.40 bits per heavy atom. The van der Waals surface area contributed by atoms with Gasteiger partial charge >= 0.3 is 0 Å². The largest absolute Gasteiger partial charge is 0.302 e. The average Bonchev–Trinajstić information content (AvgIpc) is 3.79. The van der Waals surface area contributed by atoms with E-state index in [1.54, 1.807) is 17.5 Å². The Labute approximate surface area is 270 Å². The number of hydrogen-bond acceptors (Lipinski definition) is 9. The van der Waals surface area contributed by atoms with E-state index in [9.17, 15) is 9.59 Å². The van der Waals surface area contributed by atoms with E-state index in [4.69, 9.17) is 9.98 Å². The number of aryl methyl sites for hydroxylation is 2. The third kappa shape index (κ3) is 5.02. The second kappa shape index (κ2) is 11.4. The van der Waals surface area contributed by atoms with Crippen molar-refractivity contribution in [2.24, 2.45) is 28.7 Å². The first kappa shape index (κ1) is 28.4. The number of fused-ring (bicyclic) bond motifs is 3. The van der Waals surface area contributed by atoms with Crippen molar-refractivity contribution < 1.29 is 9.59 Å². The van der Waals surface area contributed by atoms with Gasteiger partial charge in [-0.05, 0) is 74.9 Å². The minimum atomic E-state index is -0.430. The van der Waals surface area contributed by atoms with Gasteiger partial charge in [0.15, 0.2) is 5.82 Å². The van der Waals surface area contributed by atoms with Gasteiger partial charge in [0.05, 0.1) is 17.4 Å². The molecule has 3 heterocycles. The molecule has 0 bridgehead atoms. The smallest absolute Gasteiger partial charge is 0.243 e. The monoisotopic (exact) mass is 631 g/mol. The van der Waals surface area contributed by atoms with E-state index in [1.165, 1.54) is 36.8 Å². The molecule has 0 amide bonds. The molecule has 5 aromatic rings. The molecule has 3 saturated carbocycles. The molecule has 8 rings (SSSR count). The number of nitrogens with zero attached hydrogens (tertiary/aromatic N) is 5. The van der Waals surface area contributed by atoms with Crippen molar-refractivity contribution in [3.8, 4) is 10.4 Å². The molecular weight excluding hydrogens is 599 g/mol. The van der Waals surface area contributed by atoms with Gasteiger partial charge < -0.3 is 4.90 Å². The van der Waals surface area contributed by atoms with Gasteiger partial charge in [-0.2, -0.15) is 8.75 Å². The quantitative estimate of drug-likeness (QED) is 0.180. The number of rotatable bonds is 5. The third-order valence-corrected chi connectivity index (χ3v) is 11.6. The first-order chi connectivity index (χ1) is 21.9. The molecule has 0 saturated heterocycles. The Kier molecular flexibility index (Phi) is 7.18. The van der Waals surface area contributed by atoms with Crippen LogP contribution in [0.4, 0.5) is 22.2 Å². The maximum Gasteiger partial charge on any atom is 0.243 e. The first-order valence-corrected chi connectivity index (χ1v) is 17.3. The summed E-state index contributed by atoms with van der Waals surface area (Å²) in [4.78, 5) is 39.1. The number of aromatic nitrogens is 3. The number of ketones is 2. The van der Waals surface area contributed by atoms with Crippen LogP contribution in [0.1, 0.15) is 49.7 Å². The summed E-state index contributed by atoms with van der Waals surface area (Å²) in [6, 6.07) is 21.3. The lowest BCUT2D eigenvalue weighted by atomic mass is 9.64. The van der Waals surface area contributed by atoms with Crippen molar-refractivity contribution in [2.75, 3.05) is 4.90 Å². The summed E-state index contributed by atoms with van der Waals surface area (Å²) in [6.45, 7) is 4.19. The summed E-state index contributed by atoms with van der Waals surface area (Å²) in [6.07, 6.45) is 8.31. The van der Waals surface area contributed by atoms with Crippen LogP contribution in [-0.2, 0) is 9.59 Å². The molecular formula is C36H33N5O2S2. The van der Waals surface area contributed by atoms with Crippen molar-refractivity contribution in [3.63, 3.8) is 0 Å². The van der Waals surface area contributed by atoms with Gasteiger partial charge in [-0.15, -0.1) is 11.3 Å². The molecule has 3 fully saturated rings. The fourth-order valence-corrected chi connectivity index (χ4v) is 9.21. The van der Waals surface area contributed by atoms with E-state index in [0.29, 0.717) is 34.4 Å². The molecule has 45 heavy (non-hydrogen) atoms. The van der Waals surface area contributed by atoms with Gasteiger partial charge in [-0.1, -0.05) is 61.1 Å². The van der Waals surface area contributed by atoms with E-state index >= 15 is 0 Å². The van der Waals surface area contributed by atoms with Gasteiger partial charge in [0.25, 0.3) is 0 Å². The topological polar surface area (TPSA) is 88.4 Å². The minimum absolute atomic E-state index is 0.109. The van der Waals surface area contributed by atoms with Crippen molar-refractivity contribution in [1.82, 2.24) is 13.7 Å². The van der Waals surface area contributed by atoms with E-state index in [2.05, 4.69) is 88.2 Å². The number of carbonyl (C=O) groups is 2. The third-order valence-electron chi connectivity index (χ3n) is 9.97. The molecule has 4 atom stereocenters. The highest BCUT2D eigenvalue weighted by Crippen LogP contribution is 2.49. The van der Waals surface area contributed by atoms with Crippen LogP contribution in [0.3, 0.4) is 0 Å². The first-order valence-electron chi connectivity index (χ1n) is 15.8. The second-order valence-corrected chi connectivity index (χ2v) is 14.4. The number of anilines is 3. The summed E-state index contributed by atoms with van der Waals surface area (Å²) in [5.41, 5.74) is 7.13. The predicted octanol–water partition coefficient (Wildman–Crippen LogP) is 8.96. The average molecular weight is 632 g/mol. The second-order valence-electron chi connectivity index (χ2n) is 12.8.